The molecule has 0 aliphatic carbocycles. The molecule has 1 aliphatic heterocycles. The average Bonchev–Trinajstić information content (AvgIpc) is 3.57. The van der Waals surface area contributed by atoms with Crippen LogP contribution in [-0.2, 0) is 17.5 Å². The van der Waals surface area contributed by atoms with Crippen molar-refractivity contribution in [1.82, 2.24) is 19.3 Å². The van der Waals surface area contributed by atoms with Crippen LogP contribution in [0.15, 0.2) is 54.1 Å². The minimum Gasteiger partial charge on any atom is -0.771 e. The van der Waals surface area contributed by atoms with Crippen LogP contribution in [0.5, 0.6) is 0 Å². The molecular formula is C27H28ClFN5O2S2-. The van der Waals surface area contributed by atoms with E-state index >= 15 is 0 Å². The Morgan fingerprint density at radius 1 is 1.21 bits per heavy atom. The first-order chi connectivity index (χ1) is 18.4. The van der Waals surface area contributed by atoms with Gasteiger partial charge < -0.3 is 9.45 Å². The quantitative estimate of drug-likeness (QED) is 0.185. The maximum absolute atomic E-state index is 13.4. The van der Waals surface area contributed by atoms with Crippen LogP contribution in [-0.4, -0.2) is 59.4 Å². The number of fused-ring (bicyclic) bond motifs is 1. The van der Waals surface area contributed by atoms with Gasteiger partial charge in [0.25, 0.3) is 0 Å². The van der Waals surface area contributed by atoms with Gasteiger partial charge in [-0.25, -0.2) is 14.4 Å². The Hall–Kier alpha value is -2.63. The number of aromatic nitrogens is 3. The molecule has 5 rings (SSSR count). The van der Waals surface area contributed by atoms with E-state index in [0.717, 1.165) is 52.0 Å². The smallest absolute Gasteiger partial charge is 0.191 e. The lowest BCUT2D eigenvalue weighted by Gasteiger charge is -2.35. The van der Waals surface area contributed by atoms with E-state index in [1.54, 1.807) is 12.1 Å². The van der Waals surface area contributed by atoms with Crippen molar-refractivity contribution in [2.75, 3.05) is 30.9 Å². The fraction of sp³-hybridized carbons (Fsp3) is 0.333. The van der Waals surface area contributed by atoms with Crippen LogP contribution in [0.25, 0.3) is 22.5 Å². The molecule has 4 aromatic rings. The second kappa shape index (κ2) is 11.6. The highest BCUT2D eigenvalue weighted by Crippen LogP contribution is 2.34. The molecule has 0 N–H and O–H groups in total. The van der Waals surface area contributed by atoms with E-state index in [1.807, 2.05) is 23.4 Å². The fourth-order valence-electron chi connectivity index (χ4n) is 4.83. The van der Waals surface area contributed by atoms with Crippen molar-refractivity contribution in [3.05, 3.63) is 71.1 Å². The van der Waals surface area contributed by atoms with Gasteiger partial charge in [-0.15, -0.1) is 22.9 Å². The Balaban J connectivity index is 1.45. The lowest BCUT2D eigenvalue weighted by atomic mass is 10.0. The van der Waals surface area contributed by atoms with E-state index < -0.39 is 16.5 Å². The summed E-state index contributed by atoms with van der Waals surface area (Å²) < 4.78 is 38.8. The maximum atomic E-state index is 13.4. The molecule has 0 saturated heterocycles. The molecule has 0 saturated carbocycles. The molecular weight excluding hydrogens is 545 g/mol. The number of anilines is 2. The zero-order valence-corrected chi connectivity index (χ0v) is 23.5. The average molecular weight is 573 g/mol. The van der Waals surface area contributed by atoms with E-state index in [4.69, 9.17) is 21.6 Å². The van der Waals surface area contributed by atoms with E-state index in [1.165, 1.54) is 29.0 Å². The van der Waals surface area contributed by atoms with Gasteiger partial charge >= 0.3 is 0 Å². The van der Waals surface area contributed by atoms with Gasteiger partial charge in [0.15, 0.2) is 5.13 Å². The summed E-state index contributed by atoms with van der Waals surface area (Å²) in [6.07, 6.45) is 6.13. The number of imidazole rings is 1. The first-order valence-electron chi connectivity index (χ1n) is 12.4. The molecule has 1 aliphatic rings. The summed E-state index contributed by atoms with van der Waals surface area (Å²) in [5, 5.41) is 2.23. The second-order valence-corrected chi connectivity index (χ2v) is 11.4. The van der Waals surface area contributed by atoms with Crippen LogP contribution in [0, 0.1) is 5.82 Å². The third-order valence-electron chi connectivity index (χ3n) is 6.83. The molecule has 11 heteroatoms. The van der Waals surface area contributed by atoms with Crippen molar-refractivity contribution >= 4 is 56.2 Å². The highest BCUT2D eigenvalue weighted by Gasteiger charge is 2.23. The van der Waals surface area contributed by atoms with Crippen molar-refractivity contribution in [3.8, 4) is 11.3 Å². The summed E-state index contributed by atoms with van der Waals surface area (Å²) in [6, 6.07) is 10.4. The molecule has 3 aromatic heterocycles. The molecule has 1 aromatic carbocycles. The minimum atomic E-state index is -2.19. The summed E-state index contributed by atoms with van der Waals surface area (Å²) in [7, 11) is 1.99. The fourth-order valence-corrected chi connectivity index (χ4v) is 6.71. The summed E-state index contributed by atoms with van der Waals surface area (Å²) >= 11 is 5.17. The van der Waals surface area contributed by atoms with E-state index in [-0.39, 0.29) is 5.82 Å². The Kier molecular flexibility index (Phi) is 8.25. The number of hydrogen-bond donors (Lipinski definition) is 0. The second-order valence-electron chi connectivity index (χ2n) is 9.13. The first kappa shape index (κ1) is 27.0. The molecule has 2 atom stereocenters. The Labute approximate surface area is 232 Å². The van der Waals surface area contributed by atoms with Gasteiger partial charge in [-0.2, -0.15) is 0 Å². The highest BCUT2D eigenvalue weighted by atomic mass is 35.5. The van der Waals surface area contributed by atoms with Gasteiger partial charge in [0.2, 0.25) is 0 Å². The molecule has 0 spiro atoms. The molecule has 0 fully saturated rings. The third-order valence-corrected chi connectivity index (χ3v) is 8.94. The largest absolute Gasteiger partial charge is 0.771 e. The van der Waals surface area contributed by atoms with Crippen molar-refractivity contribution in [3.63, 3.8) is 0 Å². The summed E-state index contributed by atoms with van der Waals surface area (Å²) in [5.74, 6) is 0.988. The monoisotopic (exact) mass is 572 g/mol. The van der Waals surface area contributed by atoms with E-state index in [9.17, 15) is 13.2 Å². The predicted molar refractivity (Wildman–Crippen MR) is 152 cm³/mol. The molecule has 0 bridgehead atoms. The Morgan fingerprint density at radius 2 is 1.97 bits per heavy atom. The molecule has 0 amide bonds. The number of nitrogens with zero attached hydrogens (tertiary/aromatic N) is 5. The van der Waals surface area contributed by atoms with Crippen molar-refractivity contribution in [2.24, 2.45) is 0 Å². The third kappa shape index (κ3) is 5.41. The number of hydrogen-bond acceptors (Lipinski definition) is 7. The normalized spacial score (nSPS) is 16.0. The predicted octanol–water partition coefficient (Wildman–Crippen LogP) is 5.85. The van der Waals surface area contributed by atoms with Crippen molar-refractivity contribution < 1.29 is 13.2 Å². The van der Waals surface area contributed by atoms with Crippen LogP contribution < -0.4 is 4.90 Å². The van der Waals surface area contributed by atoms with Crippen LogP contribution >= 0.6 is 22.9 Å². The number of alkyl halides is 1. The zero-order chi connectivity index (χ0) is 26.8. The molecule has 200 valence electrons. The van der Waals surface area contributed by atoms with Gasteiger partial charge in [-0.05, 0) is 77.9 Å². The van der Waals surface area contributed by atoms with Gasteiger partial charge in [0.1, 0.15) is 17.3 Å². The van der Waals surface area contributed by atoms with Crippen LogP contribution in [0.3, 0.4) is 0 Å². The Bertz CT molecular complexity index is 1490. The van der Waals surface area contributed by atoms with Crippen molar-refractivity contribution in [1.29, 1.82) is 0 Å². The van der Waals surface area contributed by atoms with Gasteiger partial charge in [0, 0.05) is 43.2 Å². The molecule has 4 heterocycles. The summed E-state index contributed by atoms with van der Waals surface area (Å²) in [4.78, 5) is 13.7. The minimum absolute atomic E-state index is 0.272. The highest BCUT2D eigenvalue weighted by molar-refractivity contribution is 7.79. The number of rotatable bonds is 9. The lowest BCUT2D eigenvalue weighted by Crippen LogP contribution is -2.41. The van der Waals surface area contributed by atoms with Crippen molar-refractivity contribution in [2.45, 2.75) is 31.6 Å². The SMILES string of the molecule is CCc1nc2ccc(C3=CCN(C(CCCl)S(=O)[O-])CC3)cn2c1N(C)c1nc(-c2ccc(F)cc2)cs1. The van der Waals surface area contributed by atoms with Gasteiger partial charge in [-0.3, -0.25) is 13.5 Å². The van der Waals surface area contributed by atoms with Crippen LogP contribution in [0.1, 0.15) is 31.0 Å². The lowest BCUT2D eigenvalue weighted by molar-refractivity contribution is 0.263. The number of halogens is 2. The maximum Gasteiger partial charge on any atom is 0.191 e. The summed E-state index contributed by atoms with van der Waals surface area (Å²) in [5.41, 5.74) is 5.74. The number of pyridine rings is 1. The van der Waals surface area contributed by atoms with E-state index in [2.05, 4.69) is 34.6 Å². The molecule has 0 radical (unpaired) electrons. The molecule has 2 unspecified atom stereocenters. The molecule has 7 nitrogen and oxygen atoms in total. The standard InChI is InChI=1S/C27H29ClFN5O2S2/c1-3-22-26(32(2)27-31-23(17-37-27)19-4-7-21(29)8-5-19)34-16-20(6-9-24(34)30-22)18-11-14-33(15-12-18)25(10-13-28)38(35)36/h4-9,11,16-17,25H,3,10,12-15H2,1-2H3,(H,35,36)/p-1. The molecule has 38 heavy (non-hydrogen) atoms. The summed E-state index contributed by atoms with van der Waals surface area (Å²) in [6.45, 7) is 3.30. The van der Waals surface area contributed by atoms with Gasteiger partial charge in [-0.1, -0.05) is 13.0 Å². The van der Waals surface area contributed by atoms with E-state index in [0.29, 0.717) is 25.4 Å². The zero-order valence-electron chi connectivity index (χ0n) is 21.1. The topological polar surface area (TPSA) is 76.8 Å². The van der Waals surface area contributed by atoms with Crippen LogP contribution in [0.4, 0.5) is 15.3 Å². The number of benzene rings is 1. The number of thiazole rings is 1. The first-order valence-corrected chi connectivity index (χ1v) is 15.0. The van der Waals surface area contributed by atoms with Crippen LogP contribution in [0.2, 0.25) is 0 Å². The number of aryl methyl sites for hydroxylation is 1. The Morgan fingerprint density at radius 3 is 2.63 bits per heavy atom. The van der Waals surface area contributed by atoms with Gasteiger partial charge in [0.05, 0.1) is 16.8 Å².